The third-order valence-electron chi connectivity index (χ3n) is 14.5. The van der Waals surface area contributed by atoms with Crippen LogP contribution in [0.25, 0.3) is 0 Å². The van der Waals surface area contributed by atoms with Gasteiger partial charge in [-0.25, -0.2) is 0 Å². The molecule has 1 rings (SSSR count). The number of unbranched alkanes of at least 4 members (excludes halogenated alkanes) is 25. The largest absolute Gasteiger partial charge is 0.465 e. The Morgan fingerprint density at radius 3 is 1.21 bits per heavy atom. The minimum atomic E-state index is 0.0368. The highest BCUT2D eigenvalue weighted by Crippen LogP contribution is 2.61. The van der Waals surface area contributed by atoms with Gasteiger partial charge in [0.25, 0.3) is 0 Å². The summed E-state index contributed by atoms with van der Waals surface area (Å²) in [5, 5.41) is 0. The Bertz CT molecular complexity index is 968. The van der Waals surface area contributed by atoms with E-state index in [2.05, 4.69) is 46.7 Å². The Labute approximate surface area is 382 Å². The third kappa shape index (κ3) is 34.9. The maximum atomic E-state index is 12.6. The molecule has 0 N–H and O–H groups in total. The van der Waals surface area contributed by atoms with Crippen molar-refractivity contribution in [3.05, 3.63) is 0 Å². The molecule has 0 aromatic carbocycles. The van der Waals surface area contributed by atoms with Gasteiger partial charge in [0, 0.05) is 12.8 Å². The Balaban J connectivity index is 2.22. The Kier molecular flexibility index (Phi) is 39.5. The monoisotopic (exact) mass is 860 g/mol. The third-order valence-corrected chi connectivity index (χ3v) is 14.5. The molecule has 0 aliphatic heterocycles. The Morgan fingerprint density at radius 1 is 0.459 bits per heavy atom. The topological polar surface area (TPSA) is 55.8 Å². The molecule has 4 atom stereocenters. The van der Waals surface area contributed by atoms with Crippen molar-refractivity contribution in [2.24, 2.45) is 23.2 Å². The summed E-state index contributed by atoms with van der Waals surface area (Å²) in [6.07, 6.45) is 51.5. The van der Waals surface area contributed by atoms with Gasteiger partial charge in [-0.2, -0.15) is 0 Å². The summed E-state index contributed by atoms with van der Waals surface area (Å²) in [5.41, 5.74) is 0.587. The second kappa shape index (κ2) is 41.6. The molecule has 4 unspecified atom stereocenters. The van der Waals surface area contributed by atoms with Crippen molar-refractivity contribution in [3.63, 3.8) is 0 Å². The van der Waals surface area contributed by atoms with E-state index in [4.69, 9.17) is 9.47 Å². The molecule has 0 heterocycles. The van der Waals surface area contributed by atoms with Crippen LogP contribution in [0.2, 0.25) is 0 Å². The van der Waals surface area contributed by atoms with Gasteiger partial charge in [-0.3, -0.25) is 9.59 Å². The lowest BCUT2D eigenvalue weighted by Gasteiger charge is -2.20. The van der Waals surface area contributed by atoms with Crippen LogP contribution in [-0.2, 0) is 19.1 Å². The molecule has 0 spiro atoms. The molecule has 5 nitrogen and oxygen atoms in total. The molecule has 0 bridgehead atoms. The van der Waals surface area contributed by atoms with E-state index in [9.17, 15) is 9.59 Å². The van der Waals surface area contributed by atoms with Gasteiger partial charge in [-0.1, -0.05) is 214 Å². The first kappa shape index (κ1) is 57.9. The smallest absolute Gasteiger partial charge is 0.305 e. The van der Waals surface area contributed by atoms with E-state index in [-0.39, 0.29) is 11.9 Å². The minimum Gasteiger partial charge on any atom is -0.465 e. The number of hydrogen-bond acceptors (Lipinski definition) is 5. The predicted molar refractivity (Wildman–Crippen MR) is 265 cm³/mol. The summed E-state index contributed by atoms with van der Waals surface area (Å²) in [5.74, 6) is 2.10. The molecule has 0 aromatic heterocycles. The molecule has 0 saturated heterocycles. The summed E-state index contributed by atoms with van der Waals surface area (Å²) < 4.78 is 11.7. The first-order valence-corrected chi connectivity index (χ1v) is 27.8. The van der Waals surface area contributed by atoms with E-state index in [0.717, 1.165) is 31.6 Å². The van der Waals surface area contributed by atoms with Gasteiger partial charge >= 0.3 is 11.9 Å². The zero-order chi connectivity index (χ0) is 44.5. The van der Waals surface area contributed by atoms with E-state index >= 15 is 0 Å². The Hall–Kier alpha value is -1.10. The van der Waals surface area contributed by atoms with Crippen LogP contribution in [0.3, 0.4) is 0 Å². The van der Waals surface area contributed by atoms with Crippen LogP contribution in [0.1, 0.15) is 291 Å². The molecule has 362 valence electrons. The highest BCUT2D eigenvalue weighted by atomic mass is 16.5. The lowest BCUT2D eigenvalue weighted by atomic mass is 9.89. The SMILES string of the molecule is CCCCCCCCC(CCCCCC)COC(=O)CCCCCCCCC1(CCN(C)C)CC1CCCCCCCC(=O)OCC(CCCCCC)CCCCCCCC. The summed E-state index contributed by atoms with van der Waals surface area (Å²) in [6, 6.07) is 0. The molecule has 0 radical (unpaired) electrons. The fraction of sp³-hybridized carbons (Fsp3) is 0.964. The van der Waals surface area contributed by atoms with E-state index in [1.165, 1.54) is 231 Å². The number of rotatable bonds is 48. The van der Waals surface area contributed by atoms with Crippen molar-refractivity contribution in [1.29, 1.82) is 0 Å². The van der Waals surface area contributed by atoms with Crippen LogP contribution in [0.15, 0.2) is 0 Å². The number of carbonyl (C=O) groups is 2. The van der Waals surface area contributed by atoms with E-state index in [0.29, 0.717) is 43.3 Å². The molecule has 5 heteroatoms. The van der Waals surface area contributed by atoms with E-state index in [1.807, 2.05) is 0 Å². The highest BCUT2D eigenvalue weighted by Gasteiger charge is 2.51. The fourth-order valence-electron chi connectivity index (χ4n) is 10.0. The van der Waals surface area contributed by atoms with Crippen molar-refractivity contribution in [3.8, 4) is 0 Å². The molecule has 1 fully saturated rings. The molecule has 1 aliphatic carbocycles. The normalized spacial score (nSPS) is 17.2. The van der Waals surface area contributed by atoms with E-state index < -0.39 is 0 Å². The molecule has 0 aromatic rings. The zero-order valence-corrected chi connectivity index (χ0v) is 42.4. The highest BCUT2D eigenvalue weighted by molar-refractivity contribution is 5.69. The average Bonchev–Trinajstić information content (AvgIpc) is 3.95. The summed E-state index contributed by atoms with van der Waals surface area (Å²) in [6.45, 7) is 11.6. The summed E-state index contributed by atoms with van der Waals surface area (Å²) >= 11 is 0. The van der Waals surface area contributed by atoms with Crippen molar-refractivity contribution in [2.75, 3.05) is 33.9 Å². The number of ether oxygens (including phenoxy) is 2. The second-order valence-corrected chi connectivity index (χ2v) is 20.7. The maximum absolute atomic E-state index is 12.6. The minimum absolute atomic E-state index is 0.0368. The van der Waals surface area contributed by atoms with Crippen LogP contribution < -0.4 is 0 Å². The quantitative estimate of drug-likeness (QED) is 0.0451. The first-order valence-electron chi connectivity index (χ1n) is 27.8. The van der Waals surface area contributed by atoms with Gasteiger partial charge in [0.05, 0.1) is 13.2 Å². The number of carbonyl (C=O) groups excluding carboxylic acids is 2. The lowest BCUT2D eigenvalue weighted by molar-refractivity contribution is -0.146. The number of hydrogen-bond donors (Lipinski definition) is 0. The average molecular weight is 860 g/mol. The lowest BCUT2D eigenvalue weighted by Crippen LogP contribution is -2.18. The predicted octanol–water partition coefficient (Wildman–Crippen LogP) is 17.6. The fourth-order valence-corrected chi connectivity index (χ4v) is 10.0. The van der Waals surface area contributed by atoms with Gasteiger partial charge in [0.15, 0.2) is 0 Å². The Morgan fingerprint density at radius 2 is 0.803 bits per heavy atom. The summed E-state index contributed by atoms with van der Waals surface area (Å²) in [7, 11) is 4.45. The second-order valence-electron chi connectivity index (χ2n) is 20.7. The molecule has 1 saturated carbocycles. The number of esters is 2. The van der Waals surface area contributed by atoms with Crippen LogP contribution in [0.5, 0.6) is 0 Å². The van der Waals surface area contributed by atoms with Crippen LogP contribution in [0.4, 0.5) is 0 Å². The molecule has 0 amide bonds. The molecular weight excluding hydrogens is 751 g/mol. The van der Waals surface area contributed by atoms with Gasteiger partial charge in [-0.05, 0) is 108 Å². The van der Waals surface area contributed by atoms with Gasteiger partial charge in [-0.15, -0.1) is 0 Å². The maximum Gasteiger partial charge on any atom is 0.305 e. The van der Waals surface area contributed by atoms with Crippen molar-refractivity contribution < 1.29 is 19.1 Å². The standard InChI is InChI=1S/C56H109NO4/c1-7-11-15-19-24-32-40-51(38-30-17-13-9-3)49-60-54(58)43-35-27-21-22-29-37-45-56(46-47-57(5)6)48-53(56)42-34-26-23-28-36-44-55(59)61-50-52(39-31-18-14-10-4)41-33-25-20-16-12-8-2/h51-53H,7-50H2,1-6H3. The van der Waals surface area contributed by atoms with Crippen LogP contribution in [0, 0.1) is 23.2 Å². The van der Waals surface area contributed by atoms with Crippen LogP contribution >= 0.6 is 0 Å². The molecule has 61 heavy (non-hydrogen) atoms. The van der Waals surface area contributed by atoms with Crippen molar-refractivity contribution >= 4 is 11.9 Å². The zero-order valence-electron chi connectivity index (χ0n) is 42.4. The molecule has 1 aliphatic rings. The van der Waals surface area contributed by atoms with E-state index in [1.54, 1.807) is 0 Å². The van der Waals surface area contributed by atoms with Crippen LogP contribution in [-0.4, -0.2) is 50.7 Å². The van der Waals surface area contributed by atoms with Gasteiger partial charge < -0.3 is 14.4 Å². The van der Waals surface area contributed by atoms with Crippen molar-refractivity contribution in [2.45, 2.75) is 291 Å². The number of nitrogens with zero attached hydrogens (tertiary/aromatic N) is 1. The van der Waals surface area contributed by atoms with Crippen molar-refractivity contribution in [1.82, 2.24) is 4.90 Å². The molecular formula is C56H109NO4. The summed E-state index contributed by atoms with van der Waals surface area (Å²) in [4.78, 5) is 27.6. The van der Waals surface area contributed by atoms with Gasteiger partial charge in [0.2, 0.25) is 0 Å². The van der Waals surface area contributed by atoms with Gasteiger partial charge in [0.1, 0.15) is 0 Å². The first-order chi connectivity index (χ1) is 29.8.